The monoisotopic (exact) mass is 308 g/mol. The lowest BCUT2D eigenvalue weighted by Crippen LogP contribution is -2.41. The number of nitrogens with one attached hydrogen (secondary N) is 2. The van der Waals surface area contributed by atoms with Crippen molar-refractivity contribution in [3.63, 3.8) is 0 Å². The van der Waals surface area contributed by atoms with Crippen LogP contribution in [0.25, 0.3) is 0 Å². The van der Waals surface area contributed by atoms with Crippen molar-refractivity contribution in [1.82, 2.24) is 10.6 Å². The van der Waals surface area contributed by atoms with E-state index in [0.717, 1.165) is 17.9 Å². The zero-order chi connectivity index (χ0) is 15.9. The van der Waals surface area contributed by atoms with Gasteiger partial charge in [-0.2, -0.15) is 0 Å². The molecule has 0 aromatic heterocycles. The van der Waals surface area contributed by atoms with Crippen molar-refractivity contribution in [2.45, 2.75) is 57.5 Å². The fraction of sp³-hybridized carbons (Fsp3) is 0.588. The number of rotatable bonds is 7. The second-order valence-corrected chi connectivity index (χ2v) is 7.38. The zero-order valence-corrected chi connectivity index (χ0v) is 14.6. The molecule has 0 aliphatic carbocycles. The average molecular weight is 308 g/mol. The molecule has 0 aliphatic heterocycles. The Morgan fingerprint density at radius 3 is 2.38 bits per heavy atom. The van der Waals surface area contributed by atoms with E-state index in [9.17, 15) is 4.79 Å². The molecule has 0 heterocycles. The zero-order valence-electron chi connectivity index (χ0n) is 13.8. The standard InChI is InChI=1S/C17H28N2OS/c1-6-11-18-13(2)14-7-9-15(10-8-14)21-12-16(20)19-17(3,4)5/h7-10,13,18H,6,11-12H2,1-5H3,(H,19,20). The molecule has 0 fully saturated rings. The lowest BCUT2D eigenvalue weighted by Gasteiger charge is -2.20. The number of carbonyl (C=O) groups excluding carboxylic acids is 1. The van der Waals surface area contributed by atoms with Crippen LogP contribution in [-0.4, -0.2) is 23.7 Å². The Hall–Kier alpha value is -1.00. The van der Waals surface area contributed by atoms with Gasteiger partial charge in [0.05, 0.1) is 5.75 Å². The van der Waals surface area contributed by atoms with Crippen molar-refractivity contribution in [1.29, 1.82) is 0 Å². The minimum atomic E-state index is -0.165. The predicted octanol–water partition coefficient (Wildman–Crippen LogP) is 3.75. The molecule has 0 radical (unpaired) electrons. The van der Waals surface area contributed by atoms with Gasteiger partial charge >= 0.3 is 0 Å². The molecule has 1 aromatic carbocycles. The molecule has 3 nitrogen and oxygen atoms in total. The molecule has 118 valence electrons. The highest BCUT2D eigenvalue weighted by molar-refractivity contribution is 8.00. The summed E-state index contributed by atoms with van der Waals surface area (Å²) in [5.74, 6) is 0.537. The van der Waals surface area contributed by atoms with Crippen LogP contribution in [0, 0.1) is 0 Å². The van der Waals surface area contributed by atoms with Gasteiger partial charge in [0.25, 0.3) is 0 Å². The van der Waals surface area contributed by atoms with Crippen molar-refractivity contribution in [2.75, 3.05) is 12.3 Å². The molecule has 4 heteroatoms. The second kappa shape index (κ2) is 8.44. The highest BCUT2D eigenvalue weighted by Crippen LogP contribution is 2.21. The van der Waals surface area contributed by atoms with Gasteiger partial charge in [-0.3, -0.25) is 4.79 Å². The Labute approximate surface area is 133 Å². The van der Waals surface area contributed by atoms with Gasteiger partial charge in [0.2, 0.25) is 5.91 Å². The Balaban J connectivity index is 2.46. The van der Waals surface area contributed by atoms with Crippen molar-refractivity contribution in [3.05, 3.63) is 29.8 Å². The summed E-state index contributed by atoms with van der Waals surface area (Å²) < 4.78 is 0. The van der Waals surface area contributed by atoms with Crippen LogP contribution in [0.15, 0.2) is 29.2 Å². The van der Waals surface area contributed by atoms with Gasteiger partial charge in [-0.1, -0.05) is 19.1 Å². The van der Waals surface area contributed by atoms with Crippen LogP contribution in [0.4, 0.5) is 0 Å². The number of amides is 1. The molecule has 1 unspecified atom stereocenters. The van der Waals surface area contributed by atoms with Crippen LogP contribution in [0.2, 0.25) is 0 Å². The Bertz CT molecular complexity index is 437. The molecule has 1 aromatic rings. The summed E-state index contributed by atoms with van der Waals surface area (Å²) in [4.78, 5) is 12.9. The summed E-state index contributed by atoms with van der Waals surface area (Å²) in [5.41, 5.74) is 1.12. The molecule has 0 bridgehead atoms. The summed E-state index contributed by atoms with van der Waals surface area (Å²) in [7, 11) is 0. The van der Waals surface area contributed by atoms with Gasteiger partial charge in [0.1, 0.15) is 0 Å². The van der Waals surface area contributed by atoms with Gasteiger partial charge in [-0.15, -0.1) is 11.8 Å². The van der Waals surface area contributed by atoms with Crippen LogP contribution in [-0.2, 0) is 4.79 Å². The lowest BCUT2D eigenvalue weighted by atomic mass is 10.1. The first-order valence-corrected chi connectivity index (χ1v) is 8.57. The maximum Gasteiger partial charge on any atom is 0.230 e. The maximum absolute atomic E-state index is 11.8. The topological polar surface area (TPSA) is 41.1 Å². The molecular formula is C17H28N2OS. The van der Waals surface area contributed by atoms with E-state index in [4.69, 9.17) is 0 Å². The van der Waals surface area contributed by atoms with Crippen molar-refractivity contribution in [3.8, 4) is 0 Å². The molecule has 0 aliphatic rings. The summed E-state index contributed by atoms with van der Waals surface area (Å²) in [5, 5.41) is 6.45. The first-order chi connectivity index (χ1) is 9.81. The normalized spacial score (nSPS) is 13.0. The van der Waals surface area contributed by atoms with Gasteiger partial charge in [0, 0.05) is 16.5 Å². The van der Waals surface area contributed by atoms with Crippen molar-refractivity contribution < 1.29 is 4.79 Å². The van der Waals surface area contributed by atoms with Crippen molar-refractivity contribution in [2.24, 2.45) is 0 Å². The van der Waals surface area contributed by atoms with E-state index in [1.165, 1.54) is 5.56 Å². The molecule has 0 spiro atoms. The van der Waals surface area contributed by atoms with Crippen LogP contribution < -0.4 is 10.6 Å². The number of hydrogen-bond acceptors (Lipinski definition) is 3. The largest absolute Gasteiger partial charge is 0.351 e. The van der Waals surface area contributed by atoms with Crippen LogP contribution in [0.3, 0.4) is 0 Å². The fourth-order valence-corrected chi connectivity index (χ4v) is 2.63. The fourth-order valence-electron chi connectivity index (χ4n) is 1.93. The van der Waals surface area contributed by atoms with Crippen LogP contribution >= 0.6 is 11.8 Å². The average Bonchev–Trinajstić information content (AvgIpc) is 2.41. The Morgan fingerprint density at radius 1 is 1.24 bits per heavy atom. The first-order valence-electron chi connectivity index (χ1n) is 7.59. The van der Waals surface area contributed by atoms with Gasteiger partial charge in [-0.25, -0.2) is 0 Å². The minimum absolute atomic E-state index is 0.0783. The van der Waals surface area contributed by atoms with E-state index in [2.05, 4.69) is 48.7 Å². The van der Waals surface area contributed by atoms with E-state index >= 15 is 0 Å². The SMILES string of the molecule is CCCNC(C)c1ccc(SCC(=O)NC(C)(C)C)cc1. The number of benzene rings is 1. The first kappa shape index (κ1) is 18.1. The molecule has 1 atom stereocenters. The van der Waals surface area contributed by atoms with Gasteiger partial charge in [-0.05, 0) is 58.4 Å². The summed E-state index contributed by atoms with van der Waals surface area (Å²) in [6.45, 7) is 11.4. The van der Waals surface area contributed by atoms with E-state index in [0.29, 0.717) is 11.8 Å². The number of thioether (sulfide) groups is 1. The third-order valence-electron chi connectivity index (χ3n) is 2.96. The molecule has 0 saturated carbocycles. The van der Waals surface area contributed by atoms with E-state index in [1.54, 1.807) is 11.8 Å². The maximum atomic E-state index is 11.8. The summed E-state index contributed by atoms with van der Waals surface area (Å²) >= 11 is 1.58. The van der Waals surface area contributed by atoms with Crippen molar-refractivity contribution >= 4 is 17.7 Å². The Kier molecular flexibility index (Phi) is 7.26. The highest BCUT2D eigenvalue weighted by atomic mass is 32.2. The minimum Gasteiger partial charge on any atom is -0.351 e. The molecule has 0 saturated heterocycles. The van der Waals surface area contributed by atoms with E-state index < -0.39 is 0 Å². The van der Waals surface area contributed by atoms with E-state index in [1.807, 2.05) is 20.8 Å². The molecule has 2 N–H and O–H groups in total. The quantitative estimate of drug-likeness (QED) is 0.754. The van der Waals surface area contributed by atoms with Gasteiger partial charge < -0.3 is 10.6 Å². The summed E-state index contributed by atoms with van der Waals surface area (Å²) in [6.07, 6.45) is 1.14. The van der Waals surface area contributed by atoms with Gasteiger partial charge in [0.15, 0.2) is 0 Å². The smallest absolute Gasteiger partial charge is 0.230 e. The van der Waals surface area contributed by atoms with Crippen LogP contribution in [0.5, 0.6) is 0 Å². The molecular weight excluding hydrogens is 280 g/mol. The second-order valence-electron chi connectivity index (χ2n) is 6.33. The summed E-state index contributed by atoms with van der Waals surface area (Å²) in [6, 6.07) is 8.82. The predicted molar refractivity (Wildman–Crippen MR) is 91.8 cm³/mol. The Morgan fingerprint density at radius 2 is 1.86 bits per heavy atom. The lowest BCUT2D eigenvalue weighted by molar-refractivity contribution is -0.119. The third kappa shape index (κ3) is 7.53. The number of carbonyl (C=O) groups is 1. The molecule has 21 heavy (non-hydrogen) atoms. The molecule has 1 amide bonds. The van der Waals surface area contributed by atoms with E-state index in [-0.39, 0.29) is 11.4 Å². The number of hydrogen-bond donors (Lipinski definition) is 2. The highest BCUT2D eigenvalue weighted by Gasteiger charge is 2.13. The molecule has 1 rings (SSSR count). The third-order valence-corrected chi connectivity index (χ3v) is 3.98. The van der Waals surface area contributed by atoms with Crippen LogP contribution in [0.1, 0.15) is 52.6 Å².